The Morgan fingerprint density at radius 1 is 1.44 bits per heavy atom. The van der Waals surface area contributed by atoms with Gasteiger partial charge in [-0.25, -0.2) is 0 Å². The SMILES string of the molecule is C=CC(C)Nc1ccc(Cl)cc1C(F)(F)F. The van der Waals surface area contributed by atoms with Crippen molar-refractivity contribution >= 4 is 17.3 Å². The minimum Gasteiger partial charge on any atom is -0.379 e. The van der Waals surface area contributed by atoms with Crippen LogP contribution in [0.15, 0.2) is 30.9 Å². The van der Waals surface area contributed by atoms with Crippen LogP contribution in [0.2, 0.25) is 5.02 Å². The van der Waals surface area contributed by atoms with Crippen molar-refractivity contribution in [2.24, 2.45) is 0 Å². The van der Waals surface area contributed by atoms with E-state index in [1.807, 2.05) is 0 Å². The van der Waals surface area contributed by atoms with Crippen LogP contribution in [-0.2, 0) is 6.18 Å². The summed E-state index contributed by atoms with van der Waals surface area (Å²) in [7, 11) is 0. The van der Waals surface area contributed by atoms with Crippen molar-refractivity contribution in [1.82, 2.24) is 0 Å². The Morgan fingerprint density at radius 2 is 2.06 bits per heavy atom. The minimum absolute atomic E-state index is 0.00398. The van der Waals surface area contributed by atoms with Crippen molar-refractivity contribution in [2.75, 3.05) is 5.32 Å². The van der Waals surface area contributed by atoms with Gasteiger partial charge in [-0.3, -0.25) is 0 Å². The third-order valence-electron chi connectivity index (χ3n) is 2.02. The fraction of sp³-hybridized carbons (Fsp3) is 0.273. The van der Waals surface area contributed by atoms with Crippen LogP contribution in [0.3, 0.4) is 0 Å². The first-order valence-electron chi connectivity index (χ1n) is 4.60. The zero-order valence-electron chi connectivity index (χ0n) is 8.61. The monoisotopic (exact) mass is 249 g/mol. The van der Waals surface area contributed by atoms with Crippen LogP contribution in [0.4, 0.5) is 18.9 Å². The molecule has 0 aliphatic rings. The average molecular weight is 250 g/mol. The highest BCUT2D eigenvalue weighted by Crippen LogP contribution is 2.36. The first-order chi connectivity index (χ1) is 7.34. The van der Waals surface area contributed by atoms with E-state index >= 15 is 0 Å². The smallest absolute Gasteiger partial charge is 0.379 e. The van der Waals surface area contributed by atoms with Crippen molar-refractivity contribution in [3.8, 4) is 0 Å². The molecule has 1 atom stereocenters. The van der Waals surface area contributed by atoms with E-state index in [1.165, 1.54) is 18.2 Å². The lowest BCUT2D eigenvalue weighted by Crippen LogP contribution is -2.16. The van der Waals surface area contributed by atoms with Gasteiger partial charge < -0.3 is 5.32 Å². The predicted molar refractivity (Wildman–Crippen MR) is 59.7 cm³/mol. The van der Waals surface area contributed by atoms with E-state index in [4.69, 9.17) is 11.6 Å². The molecule has 1 unspecified atom stereocenters. The van der Waals surface area contributed by atoms with Crippen LogP contribution in [0.1, 0.15) is 12.5 Å². The Kier molecular flexibility index (Phi) is 3.86. The topological polar surface area (TPSA) is 12.0 Å². The summed E-state index contributed by atoms with van der Waals surface area (Å²) >= 11 is 5.55. The fourth-order valence-electron chi connectivity index (χ4n) is 1.18. The van der Waals surface area contributed by atoms with E-state index in [9.17, 15) is 13.2 Å². The van der Waals surface area contributed by atoms with Crippen LogP contribution in [0.5, 0.6) is 0 Å². The van der Waals surface area contributed by atoms with Gasteiger partial charge in [-0.15, -0.1) is 6.58 Å². The van der Waals surface area contributed by atoms with Crippen molar-refractivity contribution in [1.29, 1.82) is 0 Å². The number of benzene rings is 1. The normalized spacial score (nSPS) is 13.3. The van der Waals surface area contributed by atoms with Gasteiger partial charge in [0.25, 0.3) is 0 Å². The molecular formula is C11H11ClF3N. The summed E-state index contributed by atoms with van der Waals surface area (Å²) in [5.41, 5.74) is -0.766. The summed E-state index contributed by atoms with van der Waals surface area (Å²) in [5, 5.41) is 2.76. The Labute approximate surface area is 96.9 Å². The average Bonchev–Trinajstić information content (AvgIpc) is 2.19. The molecular weight excluding hydrogens is 239 g/mol. The van der Waals surface area contributed by atoms with Crippen molar-refractivity contribution in [2.45, 2.75) is 19.1 Å². The number of rotatable bonds is 3. The van der Waals surface area contributed by atoms with E-state index < -0.39 is 11.7 Å². The Balaban J connectivity index is 3.13. The molecule has 1 N–H and O–H groups in total. The van der Waals surface area contributed by atoms with E-state index in [0.29, 0.717) is 0 Å². The summed E-state index contributed by atoms with van der Waals surface area (Å²) < 4.78 is 38.0. The molecule has 1 nitrogen and oxygen atoms in total. The molecule has 0 aliphatic heterocycles. The second-order valence-corrected chi connectivity index (χ2v) is 3.79. The number of hydrogen-bond acceptors (Lipinski definition) is 1. The highest BCUT2D eigenvalue weighted by Gasteiger charge is 2.33. The molecule has 1 rings (SSSR count). The lowest BCUT2D eigenvalue weighted by molar-refractivity contribution is -0.136. The molecule has 5 heteroatoms. The van der Waals surface area contributed by atoms with Gasteiger partial charge in [-0.05, 0) is 25.1 Å². The molecule has 0 amide bonds. The van der Waals surface area contributed by atoms with E-state index in [1.54, 1.807) is 6.92 Å². The van der Waals surface area contributed by atoms with Gasteiger partial charge in [-0.1, -0.05) is 17.7 Å². The predicted octanol–water partition coefficient (Wildman–Crippen LogP) is 4.35. The molecule has 1 aromatic carbocycles. The summed E-state index contributed by atoms with van der Waals surface area (Å²) in [6.07, 6.45) is -2.90. The molecule has 1 aromatic rings. The van der Waals surface area contributed by atoms with Crippen LogP contribution < -0.4 is 5.32 Å². The lowest BCUT2D eigenvalue weighted by atomic mass is 10.1. The first kappa shape index (κ1) is 12.9. The third-order valence-corrected chi connectivity index (χ3v) is 2.26. The molecule has 0 aromatic heterocycles. The van der Waals surface area contributed by atoms with E-state index in [-0.39, 0.29) is 16.8 Å². The van der Waals surface area contributed by atoms with Gasteiger partial charge in [0.1, 0.15) is 0 Å². The van der Waals surface area contributed by atoms with Crippen LogP contribution >= 0.6 is 11.6 Å². The summed E-state index contributed by atoms with van der Waals surface area (Å²) in [5.74, 6) is 0. The van der Waals surface area contributed by atoms with Gasteiger partial charge in [0.15, 0.2) is 0 Å². The van der Waals surface area contributed by atoms with Crippen LogP contribution in [0.25, 0.3) is 0 Å². The van der Waals surface area contributed by atoms with Gasteiger partial charge in [-0.2, -0.15) is 13.2 Å². The maximum absolute atomic E-state index is 12.7. The van der Waals surface area contributed by atoms with E-state index in [2.05, 4.69) is 11.9 Å². The molecule has 0 saturated heterocycles. The molecule has 0 radical (unpaired) electrons. The molecule has 0 aliphatic carbocycles. The summed E-state index contributed by atoms with van der Waals surface area (Å²) in [6.45, 7) is 5.21. The molecule has 0 heterocycles. The Bertz CT molecular complexity index is 387. The fourth-order valence-corrected chi connectivity index (χ4v) is 1.35. The first-order valence-corrected chi connectivity index (χ1v) is 4.98. The second kappa shape index (κ2) is 4.78. The standard InChI is InChI=1S/C11H11ClF3N/c1-3-7(2)16-10-5-4-8(12)6-9(10)11(13,14)15/h3-7,16H,1H2,2H3. The third kappa shape index (κ3) is 3.17. The quantitative estimate of drug-likeness (QED) is 0.786. The van der Waals surface area contributed by atoms with E-state index in [0.717, 1.165) is 6.07 Å². The zero-order valence-corrected chi connectivity index (χ0v) is 9.36. The second-order valence-electron chi connectivity index (χ2n) is 3.36. The Morgan fingerprint density at radius 3 is 2.56 bits per heavy atom. The number of halogens is 4. The van der Waals surface area contributed by atoms with Gasteiger partial charge in [0, 0.05) is 16.8 Å². The number of hydrogen-bond donors (Lipinski definition) is 1. The van der Waals surface area contributed by atoms with Crippen molar-refractivity contribution in [3.63, 3.8) is 0 Å². The van der Waals surface area contributed by atoms with Gasteiger partial charge >= 0.3 is 6.18 Å². The summed E-state index contributed by atoms with van der Waals surface area (Å²) in [4.78, 5) is 0. The molecule has 0 fully saturated rings. The van der Waals surface area contributed by atoms with Gasteiger partial charge in [0.2, 0.25) is 0 Å². The molecule has 0 saturated carbocycles. The minimum atomic E-state index is -4.42. The maximum Gasteiger partial charge on any atom is 0.418 e. The number of alkyl halides is 3. The molecule has 88 valence electrons. The highest BCUT2D eigenvalue weighted by atomic mass is 35.5. The number of nitrogens with one attached hydrogen (secondary N) is 1. The molecule has 16 heavy (non-hydrogen) atoms. The van der Waals surface area contributed by atoms with Crippen LogP contribution in [0, 0.1) is 0 Å². The Hall–Kier alpha value is -1.16. The van der Waals surface area contributed by atoms with Crippen LogP contribution in [-0.4, -0.2) is 6.04 Å². The van der Waals surface area contributed by atoms with Gasteiger partial charge in [0.05, 0.1) is 5.56 Å². The zero-order chi connectivity index (χ0) is 12.3. The summed E-state index contributed by atoms with van der Waals surface area (Å²) in [6, 6.07) is 3.38. The lowest BCUT2D eigenvalue weighted by Gasteiger charge is -2.17. The largest absolute Gasteiger partial charge is 0.418 e. The molecule has 0 bridgehead atoms. The molecule has 0 spiro atoms. The highest BCUT2D eigenvalue weighted by molar-refractivity contribution is 6.30. The van der Waals surface area contributed by atoms with Crippen molar-refractivity contribution < 1.29 is 13.2 Å². The number of anilines is 1. The van der Waals surface area contributed by atoms with Crippen molar-refractivity contribution in [3.05, 3.63) is 41.4 Å². The maximum atomic E-state index is 12.7.